The predicted molar refractivity (Wildman–Crippen MR) is 83.0 cm³/mol. The minimum Gasteiger partial charge on any atom is -0.456 e. The fraction of sp³-hybridized carbons (Fsp3) is 0.143. The van der Waals surface area contributed by atoms with Gasteiger partial charge in [0.25, 0.3) is 0 Å². The fourth-order valence-electron chi connectivity index (χ4n) is 1.57. The molecular formula is C14H11Br2ClO. The van der Waals surface area contributed by atoms with Crippen LogP contribution in [0.25, 0.3) is 0 Å². The summed E-state index contributed by atoms with van der Waals surface area (Å²) in [5, 5.41) is 1.53. The first-order valence-corrected chi connectivity index (χ1v) is 7.68. The lowest BCUT2D eigenvalue weighted by molar-refractivity contribution is 0.479. The molecule has 4 heteroatoms. The SMILES string of the molecule is Cc1cc(Oc2ccc(Cl)cc2Br)ccc1CBr. The topological polar surface area (TPSA) is 9.23 Å². The van der Waals surface area contributed by atoms with Crippen LogP contribution >= 0.6 is 43.5 Å². The molecule has 0 saturated carbocycles. The molecule has 2 rings (SSSR count). The Balaban J connectivity index is 2.26. The van der Waals surface area contributed by atoms with Crippen LogP contribution in [0.15, 0.2) is 40.9 Å². The number of hydrogen-bond donors (Lipinski definition) is 0. The van der Waals surface area contributed by atoms with Gasteiger partial charge in [-0.3, -0.25) is 0 Å². The molecule has 0 saturated heterocycles. The van der Waals surface area contributed by atoms with Crippen LogP contribution in [-0.2, 0) is 5.33 Å². The van der Waals surface area contributed by atoms with Gasteiger partial charge in [-0.15, -0.1) is 0 Å². The van der Waals surface area contributed by atoms with Gasteiger partial charge >= 0.3 is 0 Å². The van der Waals surface area contributed by atoms with Crippen LogP contribution in [-0.4, -0.2) is 0 Å². The molecule has 2 aromatic rings. The molecule has 0 aliphatic rings. The van der Waals surface area contributed by atoms with E-state index in [2.05, 4.69) is 44.8 Å². The molecule has 0 radical (unpaired) electrons. The highest BCUT2D eigenvalue weighted by atomic mass is 79.9. The quantitative estimate of drug-likeness (QED) is 0.576. The van der Waals surface area contributed by atoms with E-state index in [1.165, 1.54) is 11.1 Å². The lowest BCUT2D eigenvalue weighted by atomic mass is 10.1. The van der Waals surface area contributed by atoms with Crippen LogP contribution in [0.2, 0.25) is 5.02 Å². The molecule has 0 N–H and O–H groups in total. The zero-order valence-corrected chi connectivity index (χ0v) is 13.6. The maximum absolute atomic E-state index is 5.89. The standard InChI is InChI=1S/C14H11Br2ClO/c1-9-6-12(4-2-10(9)8-15)18-14-5-3-11(17)7-13(14)16/h2-7H,8H2,1H3. The third-order valence-electron chi connectivity index (χ3n) is 2.58. The molecule has 0 aromatic heterocycles. The van der Waals surface area contributed by atoms with Gasteiger partial charge in [-0.05, 0) is 64.3 Å². The smallest absolute Gasteiger partial charge is 0.141 e. The van der Waals surface area contributed by atoms with Gasteiger partial charge in [0.05, 0.1) is 4.47 Å². The van der Waals surface area contributed by atoms with Crippen LogP contribution in [0.3, 0.4) is 0 Å². The van der Waals surface area contributed by atoms with Crippen LogP contribution in [0.4, 0.5) is 0 Å². The summed E-state index contributed by atoms with van der Waals surface area (Å²) in [6, 6.07) is 11.5. The second-order valence-corrected chi connectivity index (χ2v) is 5.75. The number of halogens is 3. The average molecular weight is 391 g/mol. The second-order valence-electron chi connectivity index (χ2n) is 3.90. The summed E-state index contributed by atoms with van der Waals surface area (Å²) >= 11 is 12.8. The van der Waals surface area contributed by atoms with Gasteiger partial charge in [0.15, 0.2) is 0 Å². The van der Waals surface area contributed by atoms with Crippen LogP contribution in [0.5, 0.6) is 11.5 Å². The molecule has 0 heterocycles. The van der Waals surface area contributed by atoms with Crippen LogP contribution in [0.1, 0.15) is 11.1 Å². The Morgan fingerprint density at radius 2 is 1.94 bits per heavy atom. The minimum absolute atomic E-state index is 0.681. The molecule has 0 fully saturated rings. The summed E-state index contributed by atoms with van der Waals surface area (Å²) in [5.74, 6) is 1.57. The molecule has 0 aliphatic carbocycles. The van der Waals surface area contributed by atoms with Crippen molar-refractivity contribution >= 4 is 43.5 Å². The van der Waals surface area contributed by atoms with E-state index in [0.717, 1.165) is 21.3 Å². The Morgan fingerprint density at radius 3 is 2.56 bits per heavy atom. The van der Waals surface area contributed by atoms with E-state index in [1.54, 1.807) is 6.07 Å². The van der Waals surface area contributed by atoms with Crippen molar-refractivity contribution in [1.29, 1.82) is 0 Å². The van der Waals surface area contributed by atoms with E-state index in [4.69, 9.17) is 16.3 Å². The van der Waals surface area contributed by atoms with Gasteiger partial charge in [-0.1, -0.05) is 33.6 Å². The number of benzene rings is 2. The highest BCUT2D eigenvalue weighted by Crippen LogP contribution is 2.32. The number of rotatable bonds is 3. The van der Waals surface area contributed by atoms with E-state index < -0.39 is 0 Å². The largest absolute Gasteiger partial charge is 0.456 e. The first kappa shape index (κ1) is 13.9. The average Bonchev–Trinajstić information content (AvgIpc) is 2.33. The van der Waals surface area contributed by atoms with Crippen molar-refractivity contribution in [3.8, 4) is 11.5 Å². The highest BCUT2D eigenvalue weighted by Gasteiger charge is 2.05. The van der Waals surface area contributed by atoms with Crippen molar-refractivity contribution < 1.29 is 4.74 Å². The highest BCUT2D eigenvalue weighted by molar-refractivity contribution is 9.10. The summed E-state index contributed by atoms with van der Waals surface area (Å²) in [6.45, 7) is 2.07. The van der Waals surface area contributed by atoms with Crippen molar-refractivity contribution in [3.63, 3.8) is 0 Å². The van der Waals surface area contributed by atoms with Crippen LogP contribution < -0.4 is 4.74 Å². The van der Waals surface area contributed by atoms with Crippen molar-refractivity contribution in [2.45, 2.75) is 12.3 Å². The van der Waals surface area contributed by atoms with Gasteiger partial charge in [0, 0.05) is 10.4 Å². The summed E-state index contributed by atoms with van der Waals surface area (Å²) in [6.07, 6.45) is 0. The number of hydrogen-bond acceptors (Lipinski definition) is 1. The number of alkyl halides is 1. The van der Waals surface area contributed by atoms with Gasteiger partial charge in [-0.25, -0.2) is 0 Å². The lowest BCUT2D eigenvalue weighted by Crippen LogP contribution is -1.89. The molecule has 0 spiro atoms. The van der Waals surface area contributed by atoms with Gasteiger partial charge in [0.1, 0.15) is 11.5 Å². The van der Waals surface area contributed by atoms with E-state index in [1.807, 2.05) is 24.3 Å². The Labute approximate surface area is 128 Å². The van der Waals surface area contributed by atoms with E-state index >= 15 is 0 Å². The Hall–Kier alpha value is -0.510. The minimum atomic E-state index is 0.681. The Kier molecular flexibility index (Phi) is 4.71. The molecule has 0 amide bonds. The normalized spacial score (nSPS) is 10.4. The maximum Gasteiger partial charge on any atom is 0.141 e. The monoisotopic (exact) mass is 388 g/mol. The third-order valence-corrected chi connectivity index (χ3v) is 4.04. The zero-order valence-electron chi connectivity index (χ0n) is 9.71. The molecule has 94 valence electrons. The fourth-order valence-corrected chi connectivity index (χ4v) is 2.96. The van der Waals surface area contributed by atoms with E-state index in [9.17, 15) is 0 Å². The van der Waals surface area contributed by atoms with Crippen molar-refractivity contribution in [3.05, 3.63) is 57.0 Å². The van der Waals surface area contributed by atoms with Gasteiger partial charge < -0.3 is 4.74 Å². The molecule has 0 atom stereocenters. The molecule has 0 aliphatic heterocycles. The first-order valence-electron chi connectivity index (χ1n) is 5.38. The van der Waals surface area contributed by atoms with E-state index in [-0.39, 0.29) is 0 Å². The van der Waals surface area contributed by atoms with E-state index in [0.29, 0.717) is 5.02 Å². The first-order chi connectivity index (χ1) is 8.60. The van der Waals surface area contributed by atoms with Crippen LogP contribution in [0, 0.1) is 6.92 Å². The van der Waals surface area contributed by atoms with Gasteiger partial charge in [-0.2, -0.15) is 0 Å². The Morgan fingerprint density at radius 1 is 1.17 bits per heavy atom. The molecule has 2 aromatic carbocycles. The maximum atomic E-state index is 5.89. The van der Waals surface area contributed by atoms with Crippen molar-refractivity contribution in [1.82, 2.24) is 0 Å². The molecule has 18 heavy (non-hydrogen) atoms. The Bertz CT molecular complexity index is 570. The predicted octanol–water partition coefficient (Wildman–Crippen LogP) is 6.10. The lowest BCUT2D eigenvalue weighted by Gasteiger charge is -2.10. The third kappa shape index (κ3) is 3.28. The summed E-state index contributed by atoms with van der Waals surface area (Å²) < 4.78 is 6.67. The molecule has 0 bridgehead atoms. The molecule has 0 unspecified atom stereocenters. The zero-order chi connectivity index (χ0) is 13.1. The molecular weight excluding hydrogens is 379 g/mol. The number of ether oxygens (including phenoxy) is 1. The summed E-state index contributed by atoms with van der Waals surface area (Å²) in [5.41, 5.74) is 2.46. The second kappa shape index (κ2) is 6.09. The number of aryl methyl sites for hydroxylation is 1. The summed E-state index contributed by atoms with van der Waals surface area (Å²) in [7, 11) is 0. The summed E-state index contributed by atoms with van der Waals surface area (Å²) in [4.78, 5) is 0. The van der Waals surface area contributed by atoms with Crippen molar-refractivity contribution in [2.75, 3.05) is 0 Å². The van der Waals surface area contributed by atoms with Crippen molar-refractivity contribution in [2.24, 2.45) is 0 Å². The van der Waals surface area contributed by atoms with Gasteiger partial charge in [0.2, 0.25) is 0 Å². The molecule has 1 nitrogen and oxygen atoms in total.